The third-order valence-corrected chi connectivity index (χ3v) is 7.10. The number of hydrogen-bond acceptors (Lipinski definition) is 6. The van der Waals surface area contributed by atoms with Crippen LogP contribution in [0.15, 0.2) is 18.2 Å². The molecule has 8 heteroatoms. The zero-order valence-corrected chi connectivity index (χ0v) is 17.3. The summed E-state index contributed by atoms with van der Waals surface area (Å²) in [5.74, 6) is -0.765. The van der Waals surface area contributed by atoms with Gasteiger partial charge in [-0.1, -0.05) is 12.1 Å². The maximum atomic E-state index is 12.8. The average Bonchev–Trinajstić information content (AvgIpc) is 3.32. The molecule has 4 aliphatic heterocycles. The van der Waals surface area contributed by atoms with E-state index in [0.717, 1.165) is 50.2 Å². The minimum Gasteiger partial charge on any atom is -0.383 e. The summed E-state index contributed by atoms with van der Waals surface area (Å²) in [7, 11) is 1.76. The number of ether oxygens (including phenoxy) is 1. The molecule has 1 saturated carbocycles. The molecule has 5 aliphatic rings. The minimum absolute atomic E-state index is 0.126. The zero-order chi connectivity index (χ0) is 20.9. The van der Waals surface area contributed by atoms with Crippen LogP contribution in [0.2, 0.25) is 0 Å². The third-order valence-electron chi connectivity index (χ3n) is 7.10. The Kier molecular flexibility index (Phi) is 4.68. The highest BCUT2D eigenvalue weighted by Crippen LogP contribution is 2.53. The normalized spacial score (nSPS) is 32.2. The van der Waals surface area contributed by atoms with Crippen molar-refractivity contribution in [1.29, 1.82) is 0 Å². The molecule has 0 radical (unpaired) electrons. The van der Waals surface area contributed by atoms with Gasteiger partial charge < -0.3 is 20.3 Å². The van der Waals surface area contributed by atoms with Gasteiger partial charge in [0.1, 0.15) is 6.04 Å². The molecule has 4 fully saturated rings. The summed E-state index contributed by atoms with van der Waals surface area (Å²) in [5, 5.41) is 9.55. The number of benzene rings is 1. The first-order valence-corrected chi connectivity index (χ1v) is 10.6. The number of amides is 3. The fourth-order valence-corrected chi connectivity index (χ4v) is 5.84. The summed E-state index contributed by atoms with van der Waals surface area (Å²) in [6, 6.07) is 5.34. The lowest BCUT2D eigenvalue weighted by molar-refractivity contribution is -0.136. The fourth-order valence-electron chi connectivity index (χ4n) is 5.84. The van der Waals surface area contributed by atoms with Gasteiger partial charge in [0.2, 0.25) is 11.8 Å². The van der Waals surface area contributed by atoms with E-state index in [1.807, 2.05) is 12.1 Å². The molecule has 1 aromatic rings. The average molecular weight is 412 g/mol. The number of carbonyl (C=O) groups excluding carboxylic acids is 3. The van der Waals surface area contributed by atoms with Crippen molar-refractivity contribution >= 4 is 17.7 Å². The van der Waals surface area contributed by atoms with E-state index in [2.05, 4.69) is 22.0 Å². The first-order chi connectivity index (χ1) is 14.4. The molecule has 1 atom stereocenters. The van der Waals surface area contributed by atoms with Gasteiger partial charge in [0, 0.05) is 50.8 Å². The number of nitrogens with zero attached hydrogens (tertiary/aromatic N) is 1. The van der Waals surface area contributed by atoms with Gasteiger partial charge in [-0.3, -0.25) is 19.7 Å². The number of imide groups is 1. The molecule has 3 N–H and O–H groups in total. The molecule has 160 valence electrons. The van der Waals surface area contributed by atoms with Crippen LogP contribution in [-0.4, -0.2) is 61.0 Å². The van der Waals surface area contributed by atoms with Crippen molar-refractivity contribution in [2.75, 3.05) is 26.8 Å². The van der Waals surface area contributed by atoms with E-state index < -0.39 is 6.04 Å². The Bertz CT molecular complexity index is 908. The summed E-state index contributed by atoms with van der Waals surface area (Å²) in [6.07, 6.45) is 2.97. The molecule has 6 rings (SSSR count). The summed E-state index contributed by atoms with van der Waals surface area (Å²) in [5.41, 5.74) is 3.26. The van der Waals surface area contributed by atoms with Crippen molar-refractivity contribution in [3.05, 3.63) is 34.9 Å². The molecule has 0 aromatic heterocycles. The van der Waals surface area contributed by atoms with Gasteiger partial charge in [-0.05, 0) is 41.9 Å². The first-order valence-electron chi connectivity index (χ1n) is 10.6. The Morgan fingerprint density at radius 3 is 2.87 bits per heavy atom. The Morgan fingerprint density at radius 1 is 1.27 bits per heavy atom. The second-order valence-corrected chi connectivity index (χ2v) is 9.42. The molecular weight excluding hydrogens is 384 g/mol. The lowest BCUT2D eigenvalue weighted by atomic mass is 9.62. The smallest absolute Gasteiger partial charge is 0.255 e. The van der Waals surface area contributed by atoms with Gasteiger partial charge >= 0.3 is 0 Å². The van der Waals surface area contributed by atoms with Crippen molar-refractivity contribution < 1.29 is 19.1 Å². The van der Waals surface area contributed by atoms with E-state index in [1.54, 1.807) is 12.0 Å². The molecular formula is C22H28N4O4. The summed E-state index contributed by atoms with van der Waals surface area (Å²) in [4.78, 5) is 37.9. The van der Waals surface area contributed by atoms with Crippen LogP contribution in [0, 0.1) is 5.41 Å². The van der Waals surface area contributed by atoms with Crippen LogP contribution in [0.5, 0.6) is 0 Å². The highest BCUT2D eigenvalue weighted by Gasteiger charge is 2.60. The Hall–Kier alpha value is -2.29. The largest absolute Gasteiger partial charge is 0.383 e. The van der Waals surface area contributed by atoms with Gasteiger partial charge in [-0.2, -0.15) is 0 Å². The van der Waals surface area contributed by atoms with E-state index in [1.165, 1.54) is 0 Å². The molecule has 30 heavy (non-hydrogen) atoms. The number of carbonyl (C=O) groups is 3. The van der Waals surface area contributed by atoms with Crippen LogP contribution < -0.4 is 16.0 Å². The van der Waals surface area contributed by atoms with E-state index in [9.17, 15) is 14.4 Å². The minimum atomic E-state index is -0.566. The van der Waals surface area contributed by atoms with Crippen molar-refractivity contribution in [3.63, 3.8) is 0 Å². The van der Waals surface area contributed by atoms with E-state index >= 15 is 0 Å². The van der Waals surface area contributed by atoms with Crippen LogP contribution in [0.4, 0.5) is 0 Å². The number of nitrogens with one attached hydrogen (secondary N) is 3. The predicted molar refractivity (Wildman–Crippen MR) is 108 cm³/mol. The van der Waals surface area contributed by atoms with Crippen LogP contribution >= 0.6 is 0 Å². The van der Waals surface area contributed by atoms with E-state index in [0.29, 0.717) is 23.9 Å². The lowest BCUT2D eigenvalue weighted by Gasteiger charge is -2.46. The number of hydrogen-bond donors (Lipinski definition) is 3. The van der Waals surface area contributed by atoms with E-state index in [4.69, 9.17) is 4.74 Å². The quantitative estimate of drug-likeness (QED) is 0.558. The van der Waals surface area contributed by atoms with Gasteiger partial charge in [-0.25, -0.2) is 0 Å². The highest BCUT2D eigenvalue weighted by atomic mass is 16.5. The van der Waals surface area contributed by atoms with Crippen molar-refractivity contribution in [2.24, 2.45) is 5.41 Å². The summed E-state index contributed by atoms with van der Waals surface area (Å²) in [6.45, 7) is 3.94. The monoisotopic (exact) mass is 412 g/mol. The number of rotatable bonds is 7. The molecule has 0 spiro atoms. The first kappa shape index (κ1) is 19.7. The summed E-state index contributed by atoms with van der Waals surface area (Å²) >= 11 is 0. The second kappa shape index (κ2) is 7.14. The summed E-state index contributed by atoms with van der Waals surface area (Å²) < 4.78 is 5.35. The molecule has 8 nitrogen and oxygen atoms in total. The van der Waals surface area contributed by atoms with E-state index in [-0.39, 0.29) is 29.7 Å². The van der Waals surface area contributed by atoms with Gasteiger partial charge in [0.15, 0.2) is 0 Å². The molecule has 1 unspecified atom stereocenters. The predicted octanol–water partition coefficient (Wildman–Crippen LogP) is 0.306. The molecule has 3 saturated heterocycles. The topological polar surface area (TPSA) is 99.8 Å². The Labute approximate surface area is 175 Å². The Morgan fingerprint density at radius 2 is 2.10 bits per heavy atom. The number of piperidine rings is 1. The SMILES string of the molecule is COCC12CC(CNCc3ccc4c(c3)CN(C3CCC(=O)NC3=O)C4=O)(CN1)C2. The Balaban J connectivity index is 1.18. The maximum absolute atomic E-state index is 12.8. The molecule has 4 heterocycles. The van der Waals surface area contributed by atoms with Crippen LogP contribution in [-0.2, 0) is 27.4 Å². The highest BCUT2D eigenvalue weighted by molar-refractivity contribution is 6.05. The van der Waals surface area contributed by atoms with Crippen LogP contribution in [0.3, 0.4) is 0 Å². The third kappa shape index (κ3) is 3.23. The maximum Gasteiger partial charge on any atom is 0.255 e. The van der Waals surface area contributed by atoms with Crippen LogP contribution in [0.25, 0.3) is 0 Å². The fraction of sp³-hybridized carbons (Fsp3) is 0.591. The van der Waals surface area contributed by atoms with Crippen molar-refractivity contribution in [2.45, 2.75) is 50.4 Å². The van der Waals surface area contributed by atoms with Crippen molar-refractivity contribution in [1.82, 2.24) is 20.9 Å². The second-order valence-electron chi connectivity index (χ2n) is 9.42. The zero-order valence-electron chi connectivity index (χ0n) is 17.3. The van der Waals surface area contributed by atoms with Gasteiger partial charge in [0.05, 0.1) is 6.61 Å². The lowest BCUT2D eigenvalue weighted by Crippen LogP contribution is -2.53. The molecule has 1 aliphatic carbocycles. The van der Waals surface area contributed by atoms with Gasteiger partial charge in [0.25, 0.3) is 5.91 Å². The molecule has 1 aromatic carbocycles. The van der Waals surface area contributed by atoms with Gasteiger partial charge in [-0.15, -0.1) is 0 Å². The molecule has 2 bridgehead atoms. The molecule has 3 amide bonds. The standard InChI is InChI=1S/C22H28N4O4/c1-30-13-22-9-21(10-22,12-24-22)11-23-7-14-2-3-16-15(6-14)8-26(20(16)29)17-4-5-18(27)25-19(17)28/h2-3,6,17,23-24H,4-5,7-13H2,1H3,(H,25,27,28). The van der Waals surface area contributed by atoms with Crippen LogP contribution in [0.1, 0.15) is 47.2 Å². The number of fused-ring (bicyclic) bond motifs is 2. The number of methoxy groups -OCH3 is 1. The van der Waals surface area contributed by atoms with Crippen molar-refractivity contribution in [3.8, 4) is 0 Å².